The summed E-state index contributed by atoms with van der Waals surface area (Å²) in [7, 11) is -2.15. The number of amides is 1. The number of hydrogen-bond donors (Lipinski definition) is 1. The number of sulfonamides is 1. The molecule has 4 aromatic rings. The molecule has 0 spiro atoms. The number of fused-ring (bicyclic) bond motifs is 3. The second-order valence-electron chi connectivity index (χ2n) is 7.91. The number of carbonyl (C=O) groups is 1. The van der Waals surface area contributed by atoms with Gasteiger partial charge in [0.15, 0.2) is 0 Å². The lowest BCUT2D eigenvalue weighted by Gasteiger charge is -2.22. The van der Waals surface area contributed by atoms with Crippen LogP contribution in [0.25, 0.3) is 22.3 Å². The van der Waals surface area contributed by atoms with Gasteiger partial charge >= 0.3 is 0 Å². The zero-order valence-corrected chi connectivity index (χ0v) is 18.9. The fraction of sp³-hybridized carbons (Fsp3) is 0.227. The maximum Gasteiger partial charge on any atom is 0.255 e. The van der Waals surface area contributed by atoms with Crippen LogP contribution in [0.4, 0.5) is 10.1 Å². The number of nitrogens with one attached hydrogen (secondary N) is 1. The third-order valence-electron chi connectivity index (χ3n) is 5.84. The van der Waals surface area contributed by atoms with Crippen LogP contribution in [-0.4, -0.2) is 42.6 Å². The van der Waals surface area contributed by atoms with Crippen LogP contribution in [0.3, 0.4) is 0 Å². The first-order valence-electron chi connectivity index (χ1n) is 10.1. The van der Waals surface area contributed by atoms with Gasteiger partial charge in [0.2, 0.25) is 10.0 Å². The number of benzene rings is 2. The Morgan fingerprint density at radius 1 is 1.24 bits per heavy atom. The van der Waals surface area contributed by atoms with Gasteiger partial charge in [-0.3, -0.25) is 9.10 Å². The van der Waals surface area contributed by atoms with E-state index >= 15 is 0 Å². The van der Waals surface area contributed by atoms with Crippen LogP contribution in [0.2, 0.25) is 0 Å². The van der Waals surface area contributed by atoms with Crippen molar-refractivity contribution in [1.82, 2.24) is 20.3 Å². The van der Waals surface area contributed by atoms with E-state index in [1.165, 1.54) is 41.8 Å². The van der Waals surface area contributed by atoms with Crippen molar-refractivity contribution in [3.63, 3.8) is 0 Å². The number of nitrogens with zero attached hydrogens (tertiary/aromatic N) is 4. The topological polar surface area (TPSA) is 110 Å². The summed E-state index contributed by atoms with van der Waals surface area (Å²) in [5.41, 5.74) is 2.86. The van der Waals surface area contributed by atoms with Gasteiger partial charge in [-0.1, -0.05) is 5.21 Å². The molecule has 0 fully saturated rings. The number of rotatable bonds is 3. The Balaban J connectivity index is 1.83. The molecular weight excluding hydrogens is 449 g/mol. The van der Waals surface area contributed by atoms with Gasteiger partial charge in [0.05, 0.1) is 42.0 Å². The van der Waals surface area contributed by atoms with E-state index in [1.807, 2.05) is 6.92 Å². The van der Waals surface area contributed by atoms with Gasteiger partial charge in [-0.2, -0.15) is 0 Å². The van der Waals surface area contributed by atoms with Crippen molar-refractivity contribution >= 4 is 32.6 Å². The van der Waals surface area contributed by atoms with Crippen LogP contribution in [0, 0.1) is 5.82 Å². The zero-order chi connectivity index (χ0) is 23.5. The van der Waals surface area contributed by atoms with Crippen LogP contribution in [0.15, 0.2) is 47.0 Å². The quantitative estimate of drug-likeness (QED) is 0.494. The van der Waals surface area contributed by atoms with E-state index in [-0.39, 0.29) is 29.8 Å². The first kappa shape index (κ1) is 21.1. The molecule has 1 aliphatic rings. The molecule has 1 aliphatic heterocycles. The molecule has 9 nitrogen and oxygen atoms in total. The maximum absolute atomic E-state index is 13.5. The summed E-state index contributed by atoms with van der Waals surface area (Å²) >= 11 is 0. The maximum atomic E-state index is 13.5. The molecule has 2 aromatic heterocycles. The van der Waals surface area contributed by atoms with Gasteiger partial charge in [0, 0.05) is 29.6 Å². The highest BCUT2D eigenvalue weighted by Crippen LogP contribution is 2.42. The van der Waals surface area contributed by atoms with Crippen LogP contribution in [0.1, 0.15) is 34.6 Å². The average molecular weight is 469 g/mol. The van der Waals surface area contributed by atoms with Gasteiger partial charge in [0.1, 0.15) is 17.2 Å². The number of halogens is 1. The van der Waals surface area contributed by atoms with Crippen LogP contribution >= 0.6 is 0 Å². The molecule has 0 saturated heterocycles. The minimum atomic E-state index is -3.65. The number of hydrogen-bond acceptors (Lipinski definition) is 6. The van der Waals surface area contributed by atoms with E-state index in [2.05, 4.69) is 15.6 Å². The number of anilines is 1. The van der Waals surface area contributed by atoms with Crippen molar-refractivity contribution in [2.45, 2.75) is 19.5 Å². The second-order valence-corrected chi connectivity index (χ2v) is 9.82. The van der Waals surface area contributed by atoms with E-state index < -0.39 is 15.8 Å². The van der Waals surface area contributed by atoms with E-state index in [0.717, 1.165) is 6.26 Å². The molecule has 3 heterocycles. The molecule has 170 valence electrons. The molecule has 0 bridgehead atoms. The second kappa shape index (κ2) is 7.41. The Labute approximate surface area is 188 Å². The van der Waals surface area contributed by atoms with Gasteiger partial charge < -0.3 is 9.73 Å². The van der Waals surface area contributed by atoms with Gasteiger partial charge in [-0.25, -0.2) is 17.5 Å². The fourth-order valence-corrected chi connectivity index (χ4v) is 5.10. The first-order chi connectivity index (χ1) is 15.7. The number of carbonyl (C=O) groups excluding carboxylic acids is 1. The molecular formula is C22H20FN5O4S. The van der Waals surface area contributed by atoms with Crippen molar-refractivity contribution in [1.29, 1.82) is 0 Å². The minimum Gasteiger partial charge on any atom is -0.455 e. The van der Waals surface area contributed by atoms with Gasteiger partial charge in [0.25, 0.3) is 5.91 Å². The highest BCUT2D eigenvalue weighted by Gasteiger charge is 2.32. The largest absolute Gasteiger partial charge is 0.455 e. The Morgan fingerprint density at radius 2 is 1.97 bits per heavy atom. The van der Waals surface area contributed by atoms with E-state index in [0.29, 0.717) is 33.5 Å². The molecule has 33 heavy (non-hydrogen) atoms. The molecule has 1 atom stereocenters. The van der Waals surface area contributed by atoms with Crippen LogP contribution < -0.4 is 9.62 Å². The lowest BCUT2D eigenvalue weighted by molar-refractivity contribution is 0.0964. The molecule has 0 unspecified atom stereocenters. The highest BCUT2D eigenvalue weighted by molar-refractivity contribution is 7.92. The zero-order valence-electron chi connectivity index (χ0n) is 18.0. The summed E-state index contributed by atoms with van der Waals surface area (Å²) in [4.78, 5) is 12.9. The Hall–Kier alpha value is -3.73. The summed E-state index contributed by atoms with van der Waals surface area (Å²) in [5, 5.41) is 11.2. The van der Waals surface area contributed by atoms with Crippen LogP contribution in [-0.2, 0) is 16.6 Å². The van der Waals surface area contributed by atoms with Crippen molar-refractivity contribution in [2.24, 2.45) is 0 Å². The summed E-state index contributed by atoms with van der Waals surface area (Å²) in [6.07, 6.45) is 2.67. The fourth-order valence-electron chi connectivity index (χ4n) is 4.22. The summed E-state index contributed by atoms with van der Waals surface area (Å²) in [6.45, 7) is 1.94. The lowest BCUT2D eigenvalue weighted by atomic mass is 9.99. The van der Waals surface area contributed by atoms with Crippen molar-refractivity contribution < 1.29 is 22.0 Å². The molecule has 0 saturated carbocycles. The van der Waals surface area contributed by atoms with Crippen molar-refractivity contribution in [3.05, 3.63) is 65.2 Å². The monoisotopic (exact) mass is 469 g/mol. The predicted molar refractivity (Wildman–Crippen MR) is 120 cm³/mol. The summed E-state index contributed by atoms with van der Waals surface area (Å²) < 4.78 is 47.9. The molecule has 5 rings (SSSR count). The van der Waals surface area contributed by atoms with Gasteiger partial charge in [-0.05, 0) is 37.3 Å². The Morgan fingerprint density at radius 3 is 2.64 bits per heavy atom. The average Bonchev–Trinajstić information content (AvgIpc) is 3.37. The van der Waals surface area contributed by atoms with Gasteiger partial charge in [-0.15, -0.1) is 5.10 Å². The third-order valence-corrected chi connectivity index (χ3v) is 6.96. The first-order valence-corrected chi connectivity index (χ1v) is 12.0. The summed E-state index contributed by atoms with van der Waals surface area (Å²) in [6, 6.07) is 8.65. The molecule has 1 N–H and O–H groups in total. The third kappa shape index (κ3) is 3.35. The molecule has 2 aromatic carbocycles. The molecule has 0 aliphatic carbocycles. The van der Waals surface area contributed by atoms with E-state index in [1.54, 1.807) is 16.8 Å². The normalized spacial score (nSPS) is 15.8. The Bertz CT molecular complexity index is 1510. The van der Waals surface area contributed by atoms with E-state index in [4.69, 9.17) is 4.42 Å². The molecule has 0 radical (unpaired) electrons. The number of furan rings is 1. The molecule has 11 heteroatoms. The van der Waals surface area contributed by atoms with Crippen molar-refractivity contribution in [2.75, 3.05) is 17.6 Å². The number of aromatic nitrogens is 3. The summed E-state index contributed by atoms with van der Waals surface area (Å²) in [5.74, 6) is -0.524. The highest BCUT2D eigenvalue weighted by atomic mass is 32.2. The van der Waals surface area contributed by atoms with E-state index in [9.17, 15) is 17.6 Å². The SMILES string of the molecule is CNC(=O)c1c(-c2ccc(F)cc2)oc2cc3c(cc12)[C@@H](C)n1nncc1CN3S(C)(=O)=O. The van der Waals surface area contributed by atoms with Crippen LogP contribution in [0.5, 0.6) is 0 Å². The lowest BCUT2D eigenvalue weighted by Crippen LogP contribution is -2.29. The standard InChI is InChI=1S/C22H20FN5O4S/c1-12-16-8-17-19(9-18(16)27(33(3,30)31)11-15-10-25-26-28(12)15)32-21(20(17)22(29)24-2)13-4-6-14(23)7-5-13/h4-10,12H,11H2,1-3H3,(H,24,29)/t12-/m1/s1. The minimum absolute atomic E-state index is 0.0580. The smallest absolute Gasteiger partial charge is 0.255 e. The predicted octanol–water partition coefficient (Wildman–Crippen LogP) is 3.08. The van der Waals surface area contributed by atoms with Crippen molar-refractivity contribution in [3.8, 4) is 11.3 Å². The molecule has 1 amide bonds. The Kier molecular flexibility index (Phi) is 4.74.